The number of alkyl halides is 3. The van der Waals surface area contributed by atoms with Gasteiger partial charge < -0.3 is 20.1 Å². The van der Waals surface area contributed by atoms with Crippen molar-refractivity contribution in [3.8, 4) is 11.5 Å². The second-order valence-electron chi connectivity index (χ2n) is 7.73. The largest absolute Gasteiger partial charge is 0.454 e. The number of benzene rings is 2. The Morgan fingerprint density at radius 2 is 1.94 bits per heavy atom. The fraction of sp³-hybridized carbons (Fsp3) is 0.273. The second-order valence-corrected chi connectivity index (χ2v) is 7.73. The van der Waals surface area contributed by atoms with E-state index >= 15 is 0 Å². The number of hydrogen-bond donors (Lipinski definition) is 2. The van der Waals surface area contributed by atoms with Crippen molar-refractivity contribution in [3.63, 3.8) is 0 Å². The minimum Gasteiger partial charge on any atom is -0.454 e. The van der Waals surface area contributed by atoms with Crippen LogP contribution in [0.4, 0.5) is 24.7 Å². The number of aryl methyl sites for hydroxylation is 1. The molecule has 7 nitrogen and oxygen atoms in total. The first kappa shape index (κ1) is 20.2. The molecule has 2 aliphatic rings. The van der Waals surface area contributed by atoms with Crippen LogP contribution in [0.3, 0.4) is 0 Å². The molecule has 1 aromatic heterocycles. The molecule has 0 fully saturated rings. The Kier molecular flexibility index (Phi) is 4.72. The number of aromatic nitrogens is 2. The molecule has 0 radical (unpaired) electrons. The highest BCUT2D eigenvalue weighted by atomic mass is 19.4. The van der Waals surface area contributed by atoms with Gasteiger partial charge in [-0.2, -0.15) is 18.3 Å². The van der Waals surface area contributed by atoms with Crippen LogP contribution in [-0.2, 0) is 0 Å². The van der Waals surface area contributed by atoms with Crippen molar-refractivity contribution >= 4 is 17.4 Å². The van der Waals surface area contributed by atoms with Gasteiger partial charge in [-0.05, 0) is 36.2 Å². The summed E-state index contributed by atoms with van der Waals surface area (Å²) in [7, 11) is 0. The lowest BCUT2D eigenvalue weighted by Gasteiger charge is -2.33. The summed E-state index contributed by atoms with van der Waals surface area (Å²) in [6.45, 7) is 1.90. The predicted molar refractivity (Wildman–Crippen MR) is 110 cm³/mol. The molecule has 32 heavy (non-hydrogen) atoms. The molecule has 166 valence electrons. The molecule has 0 unspecified atom stereocenters. The fourth-order valence-corrected chi connectivity index (χ4v) is 3.93. The van der Waals surface area contributed by atoms with Gasteiger partial charge >= 0.3 is 6.18 Å². The molecule has 2 aliphatic heterocycles. The number of rotatable bonds is 3. The van der Waals surface area contributed by atoms with E-state index in [-0.39, 0.29) is 24.7 Å². The minimum absolute atomic E-state index is 0.0776. The van der Waals surface area contributed by atoms with Crippen LogP contribution < -0.4 is 20.1 Å². The zero-order valence-corrected chi connectivity index (χ0v) is 16.9. The molecule has 0 saturated carbocycles. The number of halogens is 3. The van der Waals surface area contributed by atoms with E-state index in [4.69, 9.17) is 9.47 Å². The number of fused-ring (bicyclic) bond motifs is 2. The van der Waals surface area contributed by atoms with Gasteiger partial charge in [0.15, 0.2) is 23.2 Å². The summed E-state index contributed by atoms with van der Waals surface area (Å²) in [5.41, 5.74) is 1.93. The predicted octanol–water partition coefficient (Wildman–Crippen LogP) is 4.83. The van der Waals surface area contributed by atoms with Crippen LogP contribution in [0.25, 0.3) is 0 Å². The highest BCUT2D eigenvalue weighted by Crippen LogP contribution is 2.45. The van der Waals surface area contributed by atoms with E-state index in [1.165, 1.54) is 6.07 Å². The first-order valence-corrected chi connectivity index (χ1v) is 9.99. The number of ether oxygens (including phenoxy) is 2. The van der Waals surface area contributed by atoms with Crippen LogP contribution in [0.1, 0.15) is 40.1 Å². The van der Waals surface area contributed by atoms with Crippen LogP contribution in [-0.4, -0.2) is 28.7 Å². The number of anilines is 2. The number of para-hydroxylation sites is 1. The SMILES string of the molecule is Cc1ccccc1NC(=O)c1cc2n(n1)[C@H](C(F)(F)F)C[C@H](c1ccc3c(c1)OCO3)N2. The number of nitrogens with one attached hydrogen (secondary N) is 2. The standard InChI is InChI=1S/C22H19F3N4O3/c1-12-4-2-3-5-14(12)27-21(30)16-10-20-26-15(9-19(22(23,24)25)29(20)28-16)13-6-7-17-18(8-13)32-11-31-17/h2-8,10,15,19,26H,9,11H2,1H3,(H,27,30)/t15-,19+/m1/s1. The third-order valence-electron chi connectivity index (χ3n) is 5.61. The van der Waals surface area contributed by atoms with Crippen LogP contribution in [0.2, 0.25) is 0 Å². The van der Waals surface area contributed by atoms with Gasteiger partial charge in [0.25, 0.3) is 5.91 Å². The summed E-state index contributed by atoms with van der Waals surface area (Å²) in [6.07, 6.45) is -4.82. The normalized spacial score (nSPS) is 19.2. The van der Waals surface area contributed by atoms with Gasteiger partial charge in [-0.15, -0.1) is 0 Å². The number of carbonyl (C=O) groups excluding carboxylic acids is 1. The monoisotopic (exact) mass is 444 g/mol. The summed E-state index contributed by atoms with van der Waals surface area (Å²) in [6, 6.07) is 11.0. The van der Waals surface area contributed by atoms with E-state index < -0.39 is 24.2 Å². The maximum absolute atomic E-state index is 13.9. The molecule has 3 aromatic rings. The van der Waals surface area contributed by atoms with Gasteiger partial charge in [-0.3, -0.25) is 4.79 Å². The van der Waals surface area contributed by atoms with Gasteiger partial charge in [-0.25, -0.2) is 4.68 Å². The zero-order chi connectivity index (χ0) is 22.5. The number of amides is 1. The van der Waals surface area contributed by atoms with Gasteiger partial charge in [0.2, 0.25) is 6.79 Å². The summed E-state index contributed by atoms with van der Waals surface area (Å²) in [5, 5.41) is 9.78. The molecular formula is C22H19F3N4O3. The molecule has 0 saturated heterocycles. The van der Waals surface area contributed by atoms with Crippen molar-refractivity contribution < 1.29 is 27.4 Å². The quantitative estimate of drug-likeness (QED) is 0.605. The molecule has 1 amide bonds. The highest BCUT2D eigenvalue weighted by Gasteiger charge is 2.47. The summed E-state index contributed by atoms with van der Waals surface area (Å²) in [5.74, 6) is 0.585. The first-order valence-electron chi connectivity index (χ1n) is 9.99. The minimum atomic E-state index is -4.54. The fourth-order valence-electron chi connectivity index (χ4n) is 3.93. The Morgan fingerprint density at radius 1 is 1.16 bits per heavy atom. The molecule has 10 heteroatoms. The van der Waals surface area contributed by atoms with E-state index in [2.05, 4.69) is 15.7 Å². The number of nitrogens with zero attached hydrogens (tertiary/aromatic N) is 2. The van der Waals surface area contributed by atoms with Crippen molar-refractivity contribution in [1.82, 2.24) is 9.78 Å². The maximum atomic E-state index is 13.9. The van der Waals surface area contributed by atoms with Crippen molar-refractivity contribution in [2.75, 3.05) is 17.4 Å². The Bertz CT molecular complexity index is 1190. The van der Waals surface area contributed by atoms with Crippen LogP contribution in [0.5, 0.6) is 11.5 Å². The lowest BCUT2D eigenvalue weighted by atomic mass is 9.96. The Morgan fingerprint density at radius 3 is 2.72 bits per heavy atom. The van der Waals surface area contributed by atoms with Crippen molar-refractivity contribution in [2.45, 2.75) is 31.6 Å². The maximum Gasteiger partial charge on any atom is 0.410 e. The number of carbonyl (C=O) groups is 1. The molecule has 2 aromatic carbocycles. The van der Waals surface area contributed by atoms with E-state index in [9.17, 15) is 18.0 Å². The third-order valence-corrected chi connectivity index (χ3v) is 5.61. The Labute approximate surface area is 181 Å². The van der Waals surface area contributed by atoms with Crippen molar-refractivity contribution in [2.24, 2.45) is 0 Å². The topological polar surface area (TPSA) is 77.4 Å². The third kappa shape index (κ3) is 3.61. The number of hydrogen-bond acceptors (Lipinski definition) is 5. The molecule has 0 aliphatic carbocycles. The lowest BCUT2D eigenvalue weighted by Crippen LogP contribution is -2.35. The molecule has 2 atom stereocenters. The van der Waals surface area contributed by atoms with Gasteiger partial charge in [0.1, 0.15) is 5.82 Å². The molecule has 5 rings (SSSR count). The van der Waals surface area contributed by atoms with E-state index in [1.807, 2.05) is 19.1 Å². The first-order chi connectivity index (χ1) is 15.3. The second kappa shape index (κ2) is 7.47. The molecule has 2 N–H and O–H groups in total. The summed E-state index contributed by atoms with van der Waals surface area (Å²) in [4.78, 5) is 12.7. The van der Waals surface area contributed by atoms with Crippen molar-refractivity contribution in [3.05, 3.63) is 65.4 Å². The lowest BCUT2D eigenvalue weighted by molar-refractivity contribution is -0.173. The summed E-state index contributed by atoms with van der Waals surface area (Å²) < 4.78 is 53.2. The van der Waals surface area contributed by atoms with E-state index in [0.717, 1.165) is 10.2 Å². The smallest absolute Gasteiger partial charge is 0.410 e. The zero-order valence-electron chi connectivity index (χ0n) is 16.9. The average Bonchev–Trinajstić information content (AvgIpc) is 3.40. The van der Waals surface area contributed by atoms with Crippen molar-refractivity contribution in [1.29, 1.82) is 0 Å². The molecule has 0 bridgehead atoms. The molecule has 0 spiro atoms. The van der Waals surface area contributed by atoms with Crippen LogP contribution in [0, 0.1) is 6.92 Å². The average molecular weight is 444 g/mol. The van der Waals surface area contributed by atoms with Gasteiger partial charge in [0.05, 0.1) is 6.04 Å². The van der Waals surface area contributed by atoms with Crippen LogP contribution in [0.15, 0.2) is 48.5 Å². The van der Waals surface area contributed by atoms with Crippen LogP contribution >= 0.6 is 0 Å². The van der Waals surface area contributed by atoms with Gasteiger partial charge in [-0.1, -0.05) is 24.3 Å². The molecular weight excluding hydrogens is 425 g/mol. The summed E-state index contributed by atoms with van der Waals surface area (Å²) >= 11 is 0. The van der Waals surface area contributed by atoms with E-state index in [0.29, 0.717) is 22.7 Å². The highest BCUT2D eigenvalue weighted by molar-refractivity contribution is 6.03. The molecule has 3 heterocycles. The van der Waals surface area contributed by atoms with Gasteiger partial charge in [0, 0.05) is 18.2 Å². The Balaban J connectivity index is 1.46. The van der Waals surface area contributed by atoms with E-state index in [1.54, 1.807) is 30.3 Å². The Hall–Kier alpha value is -3.69.